The minimum Gasteiger partial charge on any atom is -0.469 e. The summed E-state index contributed by atoms with van der Waals surface area (Å²) in [5, 5.41) is 6.95. The first kappa shape index (κ1) is 15.1. The number of ether oxygens (including phenoxy) is 1. The minimum absolute atomic E-state index is 0.0442. The van der Waals surface area contributed by atoms with Crippen LogP contribution in [0.4, 0.5) is 0 Å². The third-order valence-corrected chi connectivity index (χ3v) is 5.48. The molecule has 2 aliphatic rings. The summed E-state index contributed by atoms with van der Waals surface area (Å²) in [6.45, 7) is 9.02. The summed E-state index contributed by atoms with van der Waals surface area (Å²) in [5.41, 5.74) is 1.63. The molecule has 0 bridgehead atoms. The van der Waals surface area contributed by atoms with E-state index in [9.17, 15) is 9.59 Å². The number of hydrogen-bond acceptors (Lipinski definition) is 4. The lowest BCUT2D eigenvalue weighted by Crippen LogP contribution is -2.57. The van der Waals surface area contributed by atoms with Crippen molar-refractivity contribution in [2.75, 3.05) is 20.2 Å². The zero-order chi connectivity index (χ0) is 16.3. The summed E-state index contributed by atoms with van der Waals surface area (Å²) in [6.07, 6.45) is 0.768. The third-order valence-electron chi connectivity index (χ3n) is 5.48. The Morgan fingerprint density at radius 1 is 1.36 bits per heavy atom. The molecule has 0 radical (unpaired) electrons. The van der Waals surface area contributed by atoms with Gasteiger partial charge in [-0.15, -0.1) is 0 Å². The van der Waals surface area contributed by atoms with E-state index in [1.54, 1.807) is 4.90 Å². The van der Waals surface area contributed by atoms with Crippen LogP contribution in [0.1, 0.15) is 42.0 Å². The number of esters is 1. The Morgan fingerprint density at radius 2 is 2.05 bits per heavy atom. The van der Waals surface area contributed by atoms with E-state index >= 15 is 0 Å². The molecule has 1 aliphatic heterocycles. The highest BCUT2D eigenvalue weighted by molar-refractivity contribution is 5.97. The number of fused-ring (bicyclic) bond motifs is 1. The Kier molecular flexibility index (Phi) is 3.13. The maximum atomic E-state index is 12.8. The SMILES string of the molecule is COC(=O)[C@@]12CN(C(=O)c3c(C)n[nH]c3C)C[C@@H]1C(C)(C)C2. The van der Waals surface area contributed by atoms with Crippen LogP contribution >= 0.6 is 0 Å². The van der Waals surface area contributed by atoms with Crippen molar-refractivity contribution in [3.05, 3.63) is 17.0 Å². The molecule has 120 valence electrons. The van der Waals surface area contributed by atoms with Gasteiger partial charge in [0.25, 0.3) is 5.91 Å². The van der Waals surface area contributed by atoms with Crippen molar-refractivity contribution in [2.45, 2.75) is 34.1 Å². The molecule has 1 N–H and O–H groups in total. The molecule has 1 aromatic heterocycles. The van der Waals surface area contributed by atoms with Gasteiger partial charge in [-0.1, -0.05) is 13.8 Å². The fraction of sp³-hybridized carbons (Fsp3) is 0.688. The predicted molar refractivity (Wildman–Crippen MR) is 80.3 cm³/mol. The van der Waals surface area contributed by atoms with Crippen molar-refractivity contribution in [3.63, 3.8) is 0 Å². The van der Waals surface area contributed by atoms with E-state index in [1.165, 1.54) is 7.11 Å². The topological polar surface area (TPSA) is 75.3 Å². The molecule has 22 heavy (non-hydrogen) atoms. The van der Waals surface area contributed by atoms with Gasteiger partial charge in [0, 0.05) is 18.8 Å². The molecule has 2 atom stereocenters. The van der Waals surface area contributed by atoms with Gasteiger partial charge in [-0.2, -0.15) is 5.10 Å². The maximum absolute atomic E-state index is 12.8. The lowest BCUT2D eigenvalue weighted by molar-refractivity contribution is -0.174. The highest BCUT2D eigenvalue weighted by atomic mass is 16.5. The Bertz CT molecular complexity index is 630. The first-order chi connectivity index (χ1) is 10.2. The lowest BCUT2D eigenvalue weighted by Gasteiger charge is -2.54. The predicted octanol–water partition coefficient (Wildman–Crippen LogP) is 1.69. The van der Waals surface area contributed by atoms with E-state index < -0.39 is 5.41 Å². The number of carbonyl (C=O) groups is 2. The molecule has 3 rings (SSSR count). The van der Waals surface area contributed by atoms with Gasteiger partial charge in [0.1, 0.15) is 0 Å². The second-order valence-electron chi connectivity index (χ2n) is 7.36. The number of likely N-dealkylation sites (tertiary alicyclic amines) is 1. The van der Waals surface area contributed by atoms with Gasteiger partial charge in [0.15, 0.2) is 0 Å². The number of nitrogens with one attached hydrogen (secondary N) is 1. The van der Waals surface area contributed by atoms with Gasteiger partial charge in [0.05, 0.1) is 23.8 Å². The molecule has 6 nitrogen and oxygen atoms in total. The Morgan fingerprint density at radius 3 is 2.55 bits per heavy atom. The summed E-state index contributed by atoms with van der Waals surface area (Å²) in [7, 11) is 1.42. The summed E-state index contributed by atoms with van der Waals surface area (Å²) < 4.78 is 5.02. The number of carbonyl (C=O) groups excluding carboxylic acids is 2. The fourth-order valence-electron chi connectivity index (χ4n) is 4.55. The van der Waals surface area contributed by atoms with E-state index in [2.05, 4.69) is 24.0 Å². The molecule has 0 aromatic carbocycles. The van der Waals surface area contributed by atoms with Gasteiger partial charge < -0.3 is 9.64 Å². The molecule has 1 amide bonds. The van der Waals surface area contributed by atoms with E-state index in [0.29, 0.717) is 24.3 Å². The number of nitrogens with zero attached hydrogens (tertiary/aromatic N) is 2. The number of aromatic amines is 1. The summed E-state index contributed by atoms with van der Waals surface area (Å²) in [5.74, 6) is -0.0751. The first-order valence-electron chi connectivity index (χ1n) is 7.62. The minimum atomic E-state index is -0.528. The Balaban J connectivity index is 1.90. The van der Waals surface area contributed by atoms with Crippen LogP contribution in [0.2, 0.25) is 0 Å². The van der Waals surface area contributed by atoms with Crippen LogP contribution in [0.25, 0.3) is 0 Å². The van der Waals surface area contributed by atoms with Gasteiger partial charge in [-0.3, -0.25) is 14.7 Å². The van der Waals surface area contributed by atoms with E-state index in [-0.39, 0.29) is 23.2 Å². The summed E-state index contributed by atoms with van der Waals surface area (Å²) in [4.78, 5) is 26.9. The van der Waals surface area contributed by atoms with E-state index in [4.69, 9.17) is 4.74 Å². The molecule has 1 aliphatic carbocycles. The van der Waals surface area contributed by atoms with Crippen LogP contribution in [-0.2, 0) is 9.53 Å². The second-order valence-corrected chi connectivity index (χ2v) is 7.36. The van der Waals surface area contributed by atoms with Crippen molar-refractivity contribution >= 4 is 11.9 Å². The van der Waals surface area contributed by atoms with Gasteiger partial charge in [-0.25, -0.2) is 0 Å². The molecule has 2 fully saturated rings. The Hall–Kier alpha value is -1.85. The summed E-state index contributed by atoms with van der Waals surface area (Å²) >= 11 is 0. The lowest BCUT2D eigenvalue weighted by atomic mass is 9.48. The normalized spacial score (nSPS) is 29.0. The van der Waals surface area contributed by atoms with Crippen molar-refractivity contribution in [3.8, 4) is 0 Å². The van der Waals surface area contributed by atoms with Gasteiger partial charge >= 0.3 is 5.97 Å². The standard InChI is InChI=1S/C16H23N3O3/c1-9-12(10(2)18-17-9)13(20)19-6-11-15(3,4)7-16(11,8-19)14(21)22-5/h11H,6-8H2,1-5H3,(H,17,18)/t11-,16+/m1/s1. The number of H-pyrrole nitrogens is 1. The van der Waals surface area contributed by atoms with Crippen LogP contribution in [-0.4, -0.2) is 47.2 Å². The van der Waals surface area contributed by atoms with Gasteiger partial charge in [0.2, 0.25) is 0 Å². The maximum Gasteiger partial charge on any atom is 0.314 e. The highest BCUT2D eigenvalue weighted by Gasteiger charge is 2.68. The van der Waals surface area contributed by atoms with Crippen LogP contribution in [0.15, 0.2) is 0 Å². The quantitative estimate of drug-likeness (QED) is 0.844. The molecule has 1 saturated heterocycles. The van der Waals surface area contributed by atoms with Crippen molar-refractivity contribution < 1.29 is 14.3 Å². The molecule has 0 spiro atoms. The molecular formula is C16H23N3O3. The van der Waals surface area contributed by atoms with E-state index in [0.717, 1.165) is 12.1 Å². The smallest absolute Gasteiger partial charge is 0.314 e. The molecular weight excluding hydrogens is 282 g/mol. The van der Waals surface area contributed by atoms with Crippen LogP contribution < -0.4 is 0 Å². The second kappa shape index (κ2) is 4.57. The van der Waals surface area contributed by atoms with Crippen molar-refractivity contribution in [1.82, 2.24) is 15.1 Å². The number of hydrogen-bond donors (Lipinski definition) is 1. The Labute approximate surface area is 130 Å². The number of methoxy groups -OCH3 is 1. The van der Waals surface area contributed by atoms with Crippen molar-refractivity contribution in [1.29, 1.82) is 0 Å². The highest BCUT2D eigenvalue weighted by Crippen LogP contribution is 2.63. The number of amides is 1. The van der Waals surface area contributed by atoms with Crippen LogP contribution in [0.3, 0.4) is 0 Å². The van der Waals surface area contributed by atoms with Crippen LogP contribution in [0.5, 0.6) is 0 Å². The zero-order valence-electron chi connectivity index (χ0n) is 13.8. The number of aryl methyl sites for hydroxylation is 2. The molecule has 2 heterocycles. The molecule has 6 heteroatoms. The average Bonchev–Trinajstić information content (AvgIpc) is 2.96. The van der Waals surface area contributed by atoms with Crippen molar-refractivity contribution in [2.24, 2.45) is 16.7 Å². The monoisotopic (exact) mass is 305 g/mol. The fourth-order valence-corrected chi connectivity index (χ4v) is 4.55. The van der Waals surface area contributed by atoms with Gasteiger partial charge in [-0.05, 0) is 31.6 Å². The molecule has 1 aromatic rings. The first-order valence-corrected chi connectivity index (χ1v) is 7.62. The molecule has 1 saturated carbocycles. The third kappa shape index (κ3) is 1.82. The van der Waals surface area contributed by atoms with E-state index in [1.807, 2.05) is 13.8 Å². The zero-order valence-corrected chi connectivity index (χ0v) is 13.8. The summed E-state index contributed by atoms with van der Waals surface area (Å²) in [6, 6.07) is 0. The molecule has 0 unspecified atom stereocenters. The number of rotatable bonds is 2. The number of aromatic nitrogens is 2. The average molecular weight is 305 g/mol. The largest absolute Gasteiger partial charge is 0.469 e. The van der Waals surface area contributed by atoms with Crippen LogP contribution in [0, 0.1) is 30.6 Å².